The summed E-state index contributed by atoms with van der Waals surface area (Å²) < 4.78 is 2.14. The summed E-state index contributed by atoms with van der Waals surface area (Å²) in [5.41, 5.74) is 1.11. The lowest BCUT2D eigenvalue weighted by molar-refractivity contribution is 0.0787. The van der Waals surface area contributed by atoms with E-state index in [0.717, 1.165) is 11.1 Å². The standard InChI is InChI=1S/C16H22N2O/c1-16(2,19)13-9-8-12-11-18(17-15(12)10-13)14-6-4-3-5-7-14/h8-11,14,19H,3-7H2,1-2H3. The van der Waals surface area contributed by atoms with Gasteiger partial charge in [-0.15, -0.1) is 0 Å². The van der Waals surface area contributed by atoms with Gasteiger partial charge in [-0.1, -0.05) is 31.4 Å². The predicted molar refractivity (Wildman–Crippen MR) is 77.1 cm³/mol. The minimum absolute atomic E-state index is 0.562. The van der Waals surface area contributed by atoms with Crippen LogP contribution in [0.4, 0.5) is 0 Å². The van der Waals surface area contributed by atoms with Gasteiger partial charge in [-0.25, -0.2) is 0 Å². The summed E-state index contributed by atoms with van der Waals surface area (Å²) in [7, 11) is 0. The quantitative estimate of drug-likeness (QED) is 0.890. The van der Waals surface area contributed by atoms with Crippen LogP contribution in [-0.4, -0.2) is 14.9 Å². The Balaban J connectivity index is 1.96. The third-order valence-electron chi connectivity index (χ3n) is 4.18. The molecule has 0 aliphatic heterocycles. The zero-order valence-electron chi connectivity index (χ0n) is 11.8. The normalized spacial score (nSPS) is 18.1. The Morgan fingerprint density at radius 3 is 2.63 bits per heavy atom. The molecule has 1 aromatic heterocycles. The van der Waals surface area contributed by atoms with Crippen molar-refractivity contribution in [2.24, 2.45) is 0 Å². The lowest BCUT2D eigenvalue weighted by Crippen LogP contribution is -2.15. The minimum atomic E-state index is -0.803. The SMILES string of the molecule is CC(C)(O)c1ccc2cn(C3CCCCC3)nc2c1. The number of aromatic nitrogens is 2. The molecule has 3 heteroatoms. The molecule has 1 heterocycles. The molecule has 2 aromatic rings. The lowest BCUT2D eigenvalue weighted by Gasteiger charge is -2.21. The van der Waals surface area contributed by atoms with Crippen molar-refractivity contribution in [2.45, 2.75) is 57.6 Å². The molecule has 1 aliphatic carbocycles. The first-order valence-electron chi connectivity index (χ1n) is 7.26. The van der Waals surface area contributed by atoms with Crippen molar-refractivity contribution in [1.82, 2.24) is 9.78 Å². The summed E-state index contributed by atoms with van der Waals surface area (Å²) in [5, 5.41) is 16.0. The van der Waals surface area contributed by atoms with Crippen molar-refractivity contribution >= 4 is 10.9 Å². The minimum Gasteiger partial charge on any atom is -0.386 e. The molecule has 19 heavy (non-hydrogen) atoms. The summed E-state index contributed by atoms with van der Waals surface area (Å²) in [6, 6.07) is 6.63. The fourth-order valence-corrected chi connectivity index (χ4v) is 2.95. The van der Waals surface area contributed by atoms with Gasteiger partial charge in [0, 0.05) is 11.6 Å². The lowest BCUT2D eigenvalue weighted by atomic mass is 9.96. The van der Waals surface area contributed by atoms with E-state index < -0.39 is 5.60 Å². The second-order valence-corrected chi connectivity index (χ2v) is 6.23. The predicted octanol–water partition coefficient (Wildman–Crippen LogP) is 3.77. The van der Waals surface area contributed by atoms with Gasteiger partial charge in [0.15, 0.2) is 0 Å². The van der Waals surface area contributed by atoms with Crippen molar-refractivity contribution in [3.8, 4) is 0 Å². The smallest absolute Gasteiger partial charge is 0.0927 e. The summed E-state index contributed by atoms with van der Waals surface area (Å²) >= 11 is 0. The van der Waals surface area contributed by atoms with E-state index in [1.807, 2.05) is 26.0 Å². The summed E-state index contributed by atoms with van der Waals surface area (Å²) in [4.78, 5) is 0. The van der Waals surface area contributed by atoms with Crippen LogP contribution in [0, 0.1) is 0 Å². The number of fused-ring (bicyclic) bond motifs is 1. The maximum atomic E-state index is 10.1. The largest absolute Gasteiger partial charge is 0.386 e. The van der Waals surface area contributed by atoms with Gasteiger partial charge in [0.2, 0.25) is 0 Å². The second-order valence-electron chi connectivity index (χ2n) is 6.23. The van der Waals surface area contributed by atoms with E-state index in [1.165, 1.54) is 37.5 Å². The van der Waals surface area contributed by atoms with Gasteiger partial charge in [0.25, 0.3) is 0 Å². The molecule has 3 rings (SSSR count). The maximum absolute atomic E-state index is 10.1. The number of hydrogen-bond donors (Lipinski definition) is 1. The Bertz CT molecular complexity index is 574. The molecule has 0 atom stereocenters. The van der Waals surface area contributed by atoms with Crippen molar-refractivity contribution in [1.29, 1.82) is 0 Å². The van der Waals surface area contributed by atoms with Crippen LogP contribution >= 0.6 is 0 Å². The zero-order chi connectivity index (χ0) is 13.5. The molecular weight excluding hydrogens is 236 g/mol. The zero-order valence-corrected chi connectivity index (χ0v) is 11.8. The molecule has 1 N–H and O–H groups in total. The maximum Gasteiger partial charge on any atom is 0.0927 e. The van der Waals surface area contributed by atoms with Gasteiger partial charge >= 0.3 is 0 Å². The van der Waals surface area contributed by atoms with Crippen molar-refractivity contribution in [2.75, 3.05) is 0 Å². The Hall–Kier alpha value is -1.35. The van der Waals surface area contributed by atoms with Gasteiger partial charge < -0.3 is 5.11 Å². The number of rotatable bonds is 2. The number of aliphatic hydroxyl groups is 1. The second kappa shape index (κ2) is 4.64. The molecule has 0 radical (unpaired) electrons. The van der Waals surface area contributed by atoms with Crippen LogP contribution in [-0.2, 0) is 5.60 Å². The summed E-state index contributed by atoms with van der Waals surface area (Å²) in [6.07, 6.45) is 8.63. The molecular formula is C16H22N2O. The molecule has 0 spiro atoms. The molecule has 3 nitrogen and oxygen atoms in total. The van der Waals surface area contributed by atoms with Crippen LogP contribution in [0.15, 0.2) is 24.4 Å². The van der Waals surface area contributed by atoms with E-state index in [0.29, 0.717) is 6.04 Å². The van der Waals surface area contributed by atoms with Gasteiger partial charge in [-0.3, -0.25) is 4.68 Å². The highest BCUT2D eigenvalue weighted by Crippen LogP contribution is 2.30. The Morgan fingerprint density at radius 2 is 1.95 bits per heavy atom. The van der Waals surface area contributed by atoms with Gasteiger partial charge in [-0.2, -0.15) is 5.10 Å². The Labute approximate surface area is 114 Å². The summed E-state index contributed by atoms with van der Waals surface area (Å²) in [5.74, 6) is 0. The van der Waals surface area contributed by atoms with E-state index in [4.69, 9.17) is 5.10 Å². The molecule has 0 saturated heterocycles. The molecule has 0 amide bonds. The molecule has 1 fully saturated rings. The first-order chi connectivity index (χ1) is 9.04. The first-order valence-corrected chi connectivity index (χ1v) is 7.26. The monoisotopic (exact) mass is 258 g/mol. The van der Waals surface area contributed by atoms with Crippen LogP contribution in [0.25, 0.3) is 10.9 Å². The highest BCUT2D eigenvalue weighted by Gasteiger charge is 2.19. The first kappa shape index (κ1) is 12.7. The van der Waals surface area contributed by atoms with Crippen LogP contribution in [0.1, 0.15) is 57.6 Å². The third-order valence-corrected chi connectivity index (χ3v) is 4.18. The average molecular weight is 258 g/mol. The van der Waals surface area contributed by atoms with Crippen LogP contribution in [0.3, 0.4) is 0 Å². The molecule has 102 valence electrons. The van der Waals surface area contributed by atoms with E-state index in [1.54, 1.807) is 0 Å². The van der Waals surface area contributed by atoms with Crippen LogP contribution in [0.5, 0.6) is 0 Å². The topological polar surface area (TPSA) is 38.0 Å². The third kappa shape index (κ3) is 2.52. The highest BCUT2D eigenvalue weighted by molar-refractivity contribution is 5.79. The Kier molecular flexibility index (Phi) is 3.09. The number of nitrogens with zero attached hydrogens (tertiary/aromatic N) is 2. The van der Waals surface area contributed by atoms with Gasteiger partial charge in [0.05, 0.1) is 17.2 Å². The number of benzene rings is 1. The molecule has 0 unspecified atom stereocenters. The fraction of sp³-hybridized carbons (Fsp3) is 0.562. The fourth-order valence-electron chi connectivity index (χ4n) is 2.95. The van der Waals surface area contributed by atoms with E-state index >= 15 is 0 Å². The molecule has 1 saturated carbocycles. The number of hydrogen-bond acceptors (Lipinski definition) is 2. The van der Waals surface area contributed by atoms with Crippen molar-refractivity contribution in [3.63, 3.8) is 0 Å². The van der Waals surface area contributed by atoms with Gasteiger partial charge in [-0.05, 0) is 38.3 Å². The summed E-state index contributed by atoms with van der Waals surface area (Å²) in [6.45, 7) is 3.62. The average Bonchev–Trinajstić information content (AvgIpc) is 2.81. The highest BCUT2D eigenvalue weighted by atomic mass is 16.3. The molecule has 1 aromatic carbocycles. The van der Waals surface area contributed by atoms with Gasteiger partial charge in [0.1, 0.15) is 0 Å². The van der Waals surface area contributed by atoms with E-state index in [2.05, 4.69) is 16.9 Å². The van der Waals surface area contributed by atoms with E-state index in [-0.39, 0.29) is 0 Å². The van der Waals surface area contributed by atoms with Crippen molar-refractivity contribution in [3.05, 3.63) is 30.0 Å². The Morgan fingerprint density at radius 1 is 1.21 bits per heavy atom. The van der Waals surface area contributed by atoms with E-state index in [9.17, 15) is 5.11 Å². The van der Waals surface area contributed by atoms with Crippen LogP contribution in [0.2, 0.25) is 0 Å². The van der Waals surface area contributed by atoms with Crippen LogP contribution < -0.4 is 0 Å². The van der Waals surface area contributed by atoms with Crippen molar-refractivity contribution < 1.29 is 5.11 Å². The molecule has 1 aliphatic rings. The molecule has 0 bridgehead atoms.